The van der Waals surface area contributed by atoms with Gasteiger partial charge in [-0.3, -0.25) is 4.79 Å². The molecule has 4 nitrogen and oxygen atoms in total. The van der Waals surface area contributed by atoms with Crippen molar-refractivity contribution in [1.82, 2.24) is 4.90 Å². The molecule has 0 aromatic heterocycles. The molecule has 3 rings (SSSR count). The lowest BCUT2D eigenvalue weighted by Gasteiger charge is -2.37. The second kappa shape index (κ2) is 4.85. The van der Waals surface area contributed by atoms with E-state index in [2.05, 4.69) is 17.3 Å². The highest BCUT2D eigenvalue weighted by molar-refractivity contribution is 5.93. The molecule has 2 fully saturated rings. The second-order valence-corrected chi connectivity index (χ2v) is 5.81. The molecule has 2 heterocycles. The zero-order valence-corrected chi connectivity index (χ0v) is 11.3. The maximum Gasteiger partial charge on any atom is 0.248 e. The highest BCUT2D eigenvalue weighted by Crippen LogP contribution is 2.35. The van der Waals surface area contributed by atoms with Crippen LogP contribution in [-0.4, -0.2) is 36.0 Å². The predicted molar refractivity (Wildman–Crippen MR) is 76.2 cm³/mol. The van der Waals surface area contributed by atoms with Gasteiger partial charge in [0.05, 0.1) is 0 Å². The van der Waals surface area contributed by atoms with Gasteiger partial charge in [0.15, 0.2) is 0 Å². The number of piperidine rings is 1. The van der Waals surface area contributed by atoms with Crippen molar-refractivity contribution < 1.29 is 4.79 Å². The number of rotatable bonds is 3. The summed E-state index contributed by atoms with van der Waals surface area (Å²) in [5.74, 6) is -0.368. The van der Waals surface area contributed by atoms with E-state index in [1.807, 2.05) is 18.2 Å². The van der Waals surface area contributed by atoms with E-state index in [1.54, 1.807) is 6.07 Å². The number of carbonyl (C=O) groups is 1. The van der Waals surface area contributed by atoms with Crippen molar-refractivity contribution in [3.05, 3.63) is 29.8 Å². The Hall–Kier alpha value is -1.55. The third-order valence-electron chi connectivity index (χ3n) is 4.62. The Morgan fingerprint density at radius 3 is 2.63 bits per heavy atom. The first-order valence-corrected chi connectivity index (χ1v) is 7.02. The topological polar surface area (TPSA) is 58.4 Å². The number of carbonyl (C=O) groups excluding carboxylic acids is 1. The van der Waals surface area contributed by atoms with Crippen LogP contribution in [0.25, 0.3) is 0 Å². The molecule has 19 heavy (non-hydrogen) atoms. The molecular weight excluding hydrogens is 238 g/mol. The summed E-state index contributed by atoms with van der Waals surface area (Å²) in [6.07, 6.45) is 5.02. The van der Waals surface area contributed by atoms with E-state index in [0.717, 1.165) is 17.8 Å². The molecule has 1 aromatic rings. The summed E-state index contributed by atoms with van der Waals surface area (Å²) in [5.41, 5.74) is 6.89. The molecule has 3 N–H and O–H groups in total. The van der Waals surface area contributed by atoms with Crippen LogP contribution in [0.1, 0.15) is 36.0 Å². The van der Waals surface area contributed by atoms with Crippen LogP contribution in [0.2, 0.25) is 0 Å². The van der Waals surface area contributed by atoms with E-state index < -0.39 is 0 Å². The standard InChI is InChI=1S/C15H21N3O/c1-18-13-5-6-14(18)9-12(8-13)17-11-4-2-3-10(7-11)15(16)19/h2-4,7,12-14,17H,5-6,8-9H2,1H3,(H2,16,19). The minimum absolute atomic E-state index is 0.368. The number of nitrogens with one attached hydrogen (secondary N) is 1. The Morgan fingerprint density at radius 1 is 1.32 bits per heavy atom. The van der Waals surface area contributed by atoms with Crippen LogP contribution in [0.15, 0.2) is 24.3 Å². The van der Waals surface area contributed by atoms with E-state index in [-0.39, 0.29) is 5.91 Å². The summed E-state index contributed by atoms with van der Waals surface area (Å²) in [5, 5.41) is 3.56. The first-order chi connectivity index (χ1) is 9.13. The third-order valence-corrected chi connectivity index (χ3v) is 4.62. The molecule has 4 heteroatoms. The minimum atomic E-state index is -0.368. The number of amides is 1. The average Bonchev–Trinajstić information content (AvgIpc) is 2.63. The maximum absolute atomic E-state index is 11.2. The van der Waals surface area contributed by atoms with Gasteiger partial charge >= 0.3 is 0 Å². The van der Waals surface area contributed by atoms with E-state index in [0.29, 0.717) is 11.6 Å². The number of nitrogens with two attached hydrogens (primary N) is 1. The molecule has 1 aromatic carbocycles. The zero-order chi connectivity index (χ0) is 13.4. The van der Waals surface area contributed by atoms with Gasteiger partial charge in [-0.05, 0) is 50.9 Å². The van der Waals surface area contributed by atoms with Crippen molar-refractivity contribution in [3.8, 4) is 0 Å². The van der Waals surface area contributed by atoms with Crippen LogP contribution < -0.4 is 11.1 Å². The van der Waals surface area contributed by atoms with Gasteiger partial charge in [-0.15, -0.1) is 0 Å². The maximum atomic E-state index is 11.2. The molecule has 1 amide bonds. The van der Waals surface area contributed by atoms with Gasteiger partial charge in [-0.1, -0.05) is 6.07 Å². The number of hydrogen-bond donors (Lipinski definition) is 2. The largest absolute Gasteiger partial charge is 0.382 e. The molecule has 0 spiro atoms. The molecule has 0 aliphatic carbocycles. The lowest BCUT2D eigenvalue weighted by molar-refractivity contribution is 0.100. The summed E-state index contributed by atoms with van der Waals surface area (Å²) >= 11 is 0. The Balaban J connectivity index is 1.69. The number of nitrogens with zero attached hydrogens (tertiary/aromatic N) is 1. The van der Waals surface area contributed by atoms with Crippen molar-refractivity contribution in [1.29, 1.82) is 0 Å². The number of hydrogen-bond acceptors (Lipinski definition) is 3. The summed E-state index contributed by atoms with van der Waals surface area (Å²) in [4.78, 5) is 13.7. The van der Waals surface area contributed by atoms with Gasteiger partial charge in [0.25, 0.3) is 0 Å². The Labute approximate surface area is 114 Å². The Kier molecular flexibility index (Phi) is 3.19. The third kappa shape index (κ3) is 2.45. The van der Waals surface area contributed by atoms with Crippen LogP contribution in [0.5, 0.6) is 0 Å². The first-order valence-electron chi connectivity index (χ1n) is 7.02. The monoisotopic (exact) mass is 259 g/mol. The number of anilines is 1. The second-order valence-electron chi connectivity index (χ2n) is 5.81. The van der Waals surface area contributed by atoms with Gasteiger partial charge in [0.2, 0.25) is 5.91 Å². The Bertz CT molecular complexity index is 474. The van der Waals surface area contributed by atoms with E-state index in [9.17, 15) is 4.79 Å². The number of benzene rings is 1. The zero-order valence-electron chi connectivity index (χ0n) is 11.3. The van der Waals surface area contributed by atoms with Crippen LogP contribution in [-0.2, 0) is 0 Å². The van der Waals surface area contributed by atoms with Crippen molar-refractivity contribution in [2.45, 2.75) is 43.8 Å². The van der Waals surface area contributed by atoms with Crippen LogP contribution in [0.3, 0.4) is 0 Å². The molecule has 2 unspecified atom stereocenters. The van der Waals surface area contributed by atoms with E-state index in [1.165, 1.54) is 25.7 Å². The van der Waals surface area contributed by atoms with E-state index in [4.69, 9.17) is 5.73 Å². The smallest absolute Gasteiger partial charge is 0.248 e. The lowest BCUT2D eigenvalue weighted by Crippen LogP contribution is -2.44. The Morgan fingerprint density at radius 2 is 2.00 bits per heavy atom. The fraction of sp³-hybridized carbons (Fsp3) is 0.533. The van der Waals surface area contributed by atoms with Gasteiger partial charge < -0.3 is 16.0 Å². The lowest BCUT2D eigenvalue weighted by atomic mass is 9.97. The minimum Gasteiger partial charge on any atom is -0.382 e. The van der Waals surface area contributed by atoms with E-state index >= 15 is 0 Å². The summed E-state index contributed by atoms with van der Waals surface area (Å²) < 4.78 is 0. The highest BCUT2D eigenvalue weighted by atomic mass is 16.1. The summed E-state index contributed by atoms with van der Waals surface area (Å²) in [7, 11) is 2.24. The van der Waals surface area contributed by atoms with Crippen molar-refractivity contribution >= 4 is 11.6 Å². The van der Waals surface area contributed by atoms with Crippen molar-refractivity contribution in [2.75, 3.05) is 12.4 Å². The molecule has 2 saturated heterocycles. The molecule has 102 valence electrons. The van der Waals surface area contributed by atoms with Gasteiger partial charge in [-0.2, -0.15) is 0 Å². The first kappa shape index (κ1) is 12.5. The van der Waals surface area contributed by atoms with Gasteiger partial charge in [-0.25, -0.2) is 0 Å². The van der Waals surface area contributed by atoms with Crippen LogP contribution in [0, 0.1) is 0 Å². The molecule has 0 saturated carbocycles. The molecule has 0 radical (unpaired) electrons. The summed E-state index contributed by atoms with van der Waals surface area (Å²) in [6, 6.07) is 9.44. The molecule has 2 bridgehead atoms. The normalized spacial score (nSPS) is 30.3. The predicted octanol–water partition coefficient (Wildman–Crippen LogP) is 1.82. The summed E-state index contributed by atoms with van der Waals surface area (Å²) in [6.45, 7) is 0. The molecular formula is C15H21N3O. The fourth-order valence-corrected chi connectivity index (χ4v) is 3.53. The quantitative estimate of drug-likeness (QED) is 0.870. The number of fused-ring (bicyclic) bond motifs is 2. The fourth-order valence-electron chi connectivity index (χ4n) is 3.53. The molecule has 2 aliphatic rings. The van der Waals surface area contributed by atoms with Gasteiger partial charge in [0, 0.05) is 29.4 Å². The van der Waals surface area contributed by atoms with Crippen molar-refractivity contribution in [2.24, 2.45) is 5.73 Å². The molecule has 2 atom stereocenters. The average molecular weight is 259 g/mol. The van der Waals surface area contributed by atoms with Crippen molar-refractivity contribution in [3.63, 3.8) is 0 Å². The highest BCUT2D eigenvalue weighted by Gasteiger charge is 2.38. The SMILES string of the molecule is CN1C2CCC1CC(Nc1cccc(C(N)=O)c1)C2. The van der Waals surface area contributed by atoms with Gasteiger partial charge in [0.1, 0.15) is 0 Å². The van der Waals surface area contributed by atoms with Crippen LogP contribution in [0.4, 0.5) is 5.69 Å². The van der Waals surface area contributed by atoms with Crippen LogP contribution >= 0.6 is 0 Å². The number of primary amides is 1. The molecule has 2 aliphatic heterocycles.